The number of nitrogens with zero attached hydrogens (tertiary/aromatic N) is 4. The number of para-hydroxylation sites is 3. The molecule has 0 atom stereocenters. The molecule has 7 aromatic rings. The summed E-state index contributed by atoms with van der Waals surface area (Å²) >= 11 is 0. The molecule has 0 aliphatic heterocycles. The first-order chi connectivity index (χ1) is 23.9. The van der Waals surface area contributed by atoms with E-state index in [4.69, 9.17) is 9.97 Å². The first-order valence-corrected chi connectivity index (χ1v) is 17.0. The van der Waals surface area contributed by atoms with Crippen LogP contribution in [0.3, 0.4) is 0 Å². The lowest BCUT2D eigenvalue weighted by atomic mass is 9.83. The topological polar surface area (TPSA) is 74.7 Å². The van der Waals surface area contributed by atoms with Crippen LogP contribution in [0.1, 0.15) is 58.2 Å². The summed E-state index contributed by atoms with van der Waals surface area (Å²) in [5.41, 5.74) is 11.2. The summed E-state index contributed by atoms with van der Waals surface area (Å²) in [5.74, 6) is 0.919. The Bertz CT molecular complexity index is 2400. The molecule has 246 valence electrons. The van der Waals surface area contributed by atoms with Gasteiger partial charge in [0.15, 0.2) is 0 Å². The summed E-state index contributed by atoms with van der Waals surface area (Å²) in [6.07, 6.45) is 1.67. The first-order valence-electron chi connectivity index (χ1n) is 17.0. The molecule has 7 rings (SSSR count). The van der Waals surface area contributed by atoms with Gasteiger partial charge in [0.25, 0.3) is 0 Å². The van der Waals surface area contributed by atoms with Gasteiger partial charge >= 0.3 is 0 Å². The van der Waals surface area contributed by atoms with Gasteiger partial charge in [0.1, 0.15) is 17.6 Å². The zero-order valence-electron chi connectivity index (χ0n) is 29.4. The molecule has 0 spiro atoms. The SMILES string of the molecule is CC(C)(C)c1cc(-c2cc(-c3ccccc3)c(C#N)cn2)cc(-c2cccc3c2nc(-c2cccc(C(C)(C)C)c2O)n3-c2ccccc2)c1. The zero-order valence-corrected chi connectivity index (χ0v) is 29.4. The van der Waals surface area contributed by atoms with Crippen LogP contribution in [0, 0.1) is 11.3 Å². The predicted molar refractivity (Wildman–Crippen MR) is 204 cm³/mol. The Kier molecular flexibility index (Phi) is 8.12. The Morgan fingerprint density at radius 3 is 1.98 bits per heavy atom. The highest BCUT2D eigenvalue weighted by Gasteiger charge is 2.25. The van der Waals surface area contributed by atoms with Gasteiger partial charge < -0.3 is 5.11 Å². The van der Waals surface area contributed by atoms with Crippen molar-refractivity contribution in [2.75, 3.05) is 0 Å². The number of aromatic hydroxyl groups is 1. The summed E-state index contributed by atoms with van der Waals surface area (Å²) in [4.78, 5) is 10.1. The van der Waals surface area contributed by atoms with Crippen molar-refractivity contribution in [2.24, 2.45) is 0 Å². The van der Waals surface area contributed by atoms with E-state index in [2.05, 4.69) is 101 Å². The van der Waals surface area contributed by atoms with Gasteiger partial charge in [-0.25, -0.2) is 4.98 Å². The predicted octanol–water partition coefficient (Wildman–Crippen LogP) is 11.3. The van der Waals surface area contributed by atoms with Crippen LogP contribution in [0.5, 0.6) is 5.75 Å². The molecule has 0 saturated carbocycles. The number of aromatic nitrogens is 3. The highest BCUT2D eigenvalue weighted by atomic mass is 16.3. The monoisotopic (exact) mass is 652 g/mol. The van der Waals surface area contributed by atoms with Gasteiger partial charge in [-0.3, -0.25) is 9.55 Å². The molecule has 0 radical (unpaired) electrons. The van der Waals surface area contributed by atoms with Gasteiger partial charge in [0.05, 0.1) is 27.9 Å². The van der Waals surface area contributed by atoms with E-state index in [-0.39, 0.29) is 16.6 Å². The quantitative estimate of drug-likeness (QED) is 0.201. The van der Waals surface area contributed by atoms with Gasteiger partial charge in [-0.1, -0.05) is 120 Å². The van der Waals surface area contributed by atoms with E-state index in [0.717, 1.165) is 61.4 Å². The summed E-state index contributed by atoms with van der Waals surface area (Å²) in [7, 11) is 0. The fourth-order valence-corrected chi connectivity index (χ4v) is 6.60. The van der Waals surface area contributed by atoms with Crippen molar-refractivity contribution in [3.05, 3.63) is 144 Å². The van der Waals surface area contributed by atoms with Gasteiger partial charge in [-0.2, -0.15) is 5.26 Å². The highest BCUT2D eigenvalue weighted by Crippen LogP contribution is 2.42. The molecule has 2 aromatic heterocycles. The van der Waals surface area contributed by atoms with Crippen LogP contribution in [-0.4, -0.2) is 19.6 Å². The smallest absolute Gasteiger partial charge is 0.149 e. The molecule has 0 amide bonds. The lowest BCUT2D eigenvalue weighted by Crippen LogP contribution is -2.11. The number of hydrogen-bond donors (Lipinski definition) is 1. The van der Waals surface area contributed by atoms with E-state index < -0.39 is 0 Å². The lowest BCUT2D eigenvalue weighted by molar-refractivity contribution is 0.448. The number of imidazole rings is 1. The first kappa shape index (κ1) is 32.6. The average molecular weight is 653 g/mol. The molecule has 50 heavy (non-hydrogen) atoms. The van der Waals surface area contributed by atoms with Crippen LogP contribution in [0.15, 0.2) is 128 Å². The average Bonchev–Trinajstić information content (AvgIpc) is 3.50. The number of hydrogen-bond acceptors (Lipinski definition) is 4. The molecule has 5 heteroatoms. The van der Waals surface area contributed by atoms with Crippen LogP contribution in [0.25, 0.3) is 61.6 Å². The van der Waals surface area contributed by atoms with Crippen molar-refractivity contribution >= 4 is 11.0 Å². The van der Waals surface area contributed by atoms with E-state index in [1.807, 2.05) is 72.8 Å². The number of fused-ring (bicyclic) bond motifs is 1. The van der Waals surface area contributed by atoms with Crippen LogP contribution in [0.2, 0.25) is 0 Å². The van der Waals surface area contributed by atoms with Crippen molar-refractivity contribution in [3.63, 3.8) is 0 Å². The fourth-order valence-electron chi connectivity index (χ4n) is 6.60. The van der Waals surface area contributed by atoms with E-state index in [0.29, 0.717) is 17.0 Å². The minimum atomic E-state index is -0.251. The maximum Gasteiger partial charge on any atom is 0.149 e. The number of pyridine rings is 1. The van der Waals surface area contributed by atoms with E-state index in [9.17, 15) is 10.4 Å². The van der Waals surface area contributed by atoms with Gasteiger partial charge in [0.2, 0.25) is 0 Å². The van der Waals surface area contributed by atoms with Crippen LogP contribution < -0.4 is 0 Å². The fraction of sp³-hybridized carbons (Fsp3) is 0.178. The van der Waals surface area contributed by atoms with Crippen molar-refractivity contribution in [2.45, 2.75) is 52.4 Å². The van der Waals surface area contributed by atoms with Crippen molar-refractivity contribution in [1.82, 2.24) is 14.5 Å². The van der Waals surface area contributed by atoms with E-state index in [1.165, 1.54) is 0 Å². The molecule has 0 bridgehead atoms. The molecule has 5 nitrogen and oxygen atoms in total. The Balaban J connectivity index is 1.49. The Morgan fingerprint density at radius 1 is 0.640 bits per heavy atom. The molecule has 1 N–H and O–H groups in total. The van der Waals surface area contributed by atoms with Crippen molar-refractivity contribution < 1.29 is 5.11 Å². The minimum absolute atomic E-state index is 0.152. The maximum absolute atomic E-state index is 11.7. The summed E-state index contributed by atoms with van der Waals surface area (Å²) in [5, 5.41) is 21.6. The lowest BCUT2D eigenvalue weighted by Gasteiger charge is -2.22. The standard InChI is InChI=1S/C45H40N4O/c1-44(2,3)33-24-30(23-31(25-33)39-26-37(32(27-46)28-47-39)29-15-9-7-10-16-29)35-19-14-22-40-41(35)48-43(49(40)34-17-11-8-12-18-34)36-20-13-21-38(42(36)50)45(4,5)6/h7-26,28,50H,1-6H3. The van der Waals surface area contributed by atoms with Gasteiger partial charge in [-0.05, 0) is 75.5 Å². The normalized spacial score (nSPS) is 11.9. The molecule has 2 heterocycles. The van der Waals surface area contributed by atoms with Crippen LogP contribution in [0.4, 0.5) is 0 Å². The second-order valence-electron chi connectivity index (χ2n) is 14.9. The van der Waals surface area contributed by atoms with Crippen LogP contribution in [-0.2, 0) is 10.8 Å². The third kappa shape index (κ3) is 5.95. The second kappa shape index (κ2) is 12.5. The summed E-state index contributed by atoms with van der Waals surface area (Å²) in [6.45, 7) is 13.0. The highest BCUT2D eigenvalue weighted by molar-refractivity contribution is 5.97. The Morgan fingerprint density at radius 2 is 1.30 bits per heavy atom. The number of rotatable bonds is 5. The number of phenolic OH excluding ortho intramolecular Hbond substituents is 1. The van der Waals surface area contributed by atoms with Crippen LogP contribution >= 0.6 is 0 Å². The Hall–Kier alpha value is -5.99. The molecular formula is C45H40N4O. The van der Waals surface area contributed by atoms with Gasteiger partial charge in [-0.15, -0.1) is 0 Å². The third-order valence-electron chi connectivity index (χ3n) is 9.30. The molecule has 5 aromatic carbocycles. The largest absolute Gasteiger partial charge is 0.507 e. The van der Waals surface area contributed by atoms with Crippen molar-refractivity contribution in [1.29, 1.82) is 5.26 Å². The molecule has 0 aliphatic rings. The number of benzene rings is 5. The maximum atomic E-state index is 11.7. The Labute approximate surface area is 294 Å². The molecule has 0 saturated heterocycles. The molecule has 0 aliphatic carbocycles. The zero-order chi connectivity index (χ0) is 35.2. The number of nitriles is 1. The van der Waals surface area contributed by atoms with E-state index in [1.54, 1.807) is 6.20 Å². The third-order valence-corrected chi connectivity index (χ3v) is 9.30. The molecular weight excluding hydrogens is 613 g/mol. The summed E-state index contributed by atoms with van der Waals surface area (Å²) < 4.78 is 2.14. The molecule has 0 fully saturated rings. The van der Waals surface area contributed by atoms with Crippen molar-refractivity contribution in [3.8, 4) is 62.4 Å². The van der Waals surface area contributed by atoms with E-state index >= 15 is 0 Å². The number of phenols is 1. The molecule has 0 unspecified atom stereocenters. The summed E-state index contributed by atoms with van der Waals surface area (Å²) in [6, 6.07) is 43.4. The minimum Gasteiger partial charge on any atom is -0.507 e. The van der Waals surface area contributed by atoms with Gasteiger partial charge in [0, 0.05) is 28.6 Å². The second-order valence-corrected chi connectivity index (χ2v) is 14.9.